The van der Waals surface area contributed by atoms with Crippen LogP contribution in [0.15, 0.2) is 30.6 Å². The average Bonchev–Trinajstić information content (AvgIpc) is 2.70. The first-order valence-corrected chi connectivity index (χ1v) is 9.80. The van der Waals surface area contributed by atoms with Crippen molar-refractivity contribution in [2.45, 2.75) is 51.2 Å². The topological polar surface area (TPSA) is 82.5 Å². The summed E-state index contributed by atoms with van der Waals surface area (Å²) in [4.78, 5) is 30.1. The first-order chi connectivity index (χ1) is 13.5. The number of aromatic nitrogens is 1. The number of aryl methyl sites for hydroxylation is 1. The lowest BCUT2D eigenvalue weighted by molar-refractivity contribution is -0.129. The van der Waals surface area contributed by atoms with Crippen LogP contribution in [0.2, 0.25) is 0 Å². The predicted molar refractivity (Wildman–Crippen MR) is 107 cm³/mol. The molecule has 0 fully saturated rings. The van der Waals surface area contributed by atoms with Crippen LogP contribution in [0.1, 0.15) is 48.9 Å². The second kappa shape index (κ2) is 7.36. The van der Waals surface area contributed by atoms with Crippen LogP contribution in [0.5, 0.6) is 0 Å². The molecule has 2 heterocycles. The fourth-order valence-corrected chi connectivity index (χ4v) is 4.24. The Bertz CT molecular complexity index is 939. The zero-order valence-electron chi connectivity index (χ0n) is 16.2. The number of amides is 2. The van der Waals surface area contributed by atoms with Gasteiger partial charge in [0.1, 0.15) is 6.10 Å². The Balaban J connectivity index is 1.71. The van der Waals surface area contributed by atoms with Crippen LogP contribution in [0, 0.1) is 0 Å². The molecule has 6 heteroatoms. The Morgan fingerprint density at radius 3 is 2.89 bits per heavy atom. The van der Waals surface area contributed by atoms with Crippen LogP contribution in [-0.2, 0) is 22.4 Å². The SMILES string of the molecule is C[C@@H](O)C(=O)N[C@H]1CCCc2c(-c3ccc4c(c3)CCC(=O)N4C)cncc21. The highest BCUT2D eigenvalue weighted by Crippen LogP contribution is 2.37. The lowest BCUT2D eigenvalue weighted by Gasteiger charge is -2.29. The maximum absolute atomic E-state index is 12.0. The second-order valence-corrected chi connectivity index (χ2v) is 7.68. The van der Waals surface area contributed by atoms with E-state index >= 15 is 0 Å². The number of rotatable bonds is 3. The van der Waals surface area contributed by atoms with Crippen LogP contribution in [0.4, 0.5) is 5.69 Å². The van der Waals surface area contributed by atoms with E-state index in [4.69, 9.17) is 0 Å². The third-order valence-electron chi connectivity index (χ3n) is 5.82. The summed E-state index contributed by atoms with van der Waals surface area (Å²) < 4.78 is 0. The Labute approximate surface area is 164 Å². The molecule has 0 spiro atoms. The monoisotopic (exact) mass is 379 g/mol. The molecule has 2 atom stereocenters. The van der Waals surface area contributed by atoms with E-state index in [1.54, 1.807) is 4.90 Å². The Morgan fingerprint density at radius 1 is 1.29 bits per heavy atom. The van der Waals surface area contributed by atoms with Gasteiger partial charge < -0.3 is 15.3 Å². The van der Waals surface area contributed by atoms with Gasteiger partial charge in [-0.15, -0.1) is 0 Å². The molecule has 2 amide bonds. The third kappa shape index (κ3) is 3.29. The molecule has 146 valence electrons. The number of fused-ring (bicyclic) bond motifs is 2. The van der Waals surface area contributed by atoms with Crippen molar-refractivity contribution in [3.05, 3.63) is 47.3 Å². The van der Waals surface area contributed by atoms with E-state index in [9.17, 15) is 14.7 Å². The van der Waals surface area contributed by atoms with Gasteiger partial charge in [0.2, 0.25) is 11.8 Å². The summed E-state index contributed by atoms with van der Waals surface area (Å²) in [5, 5.41) is 12.5. The van der Waals surface area contributed by atoms with Crippen molar-refractivity contribution < 1.29 is 14.7 Å². The number of nitrogens with zero attached hydrogens (tertiary/aromatic N) is 2. The lowest BCUT2D eigenvalue weighted by atomic mass is 9.84. The van der Waals surface area contributed by atoms with Gasteiger partial charge >= 0.3 is 0 Å². The van der Waals surface area contributed by atoms with Crippen molar-refractivity contribution in [3.8, 4) is 11.1 Å². The van der Waals surface area contributed by atoms with Gasteiger partial charge in [0, 0.05) is 37.1 Å². The second-order valence-electron chi connectivity index (χ2n) is 7.68. The van der Waals surface area contributed by atoms with Crippen LogP contribution >= 0.6 is 0 Å². The molecule has 0 saturated heterocycles. The van der Waals surface area contributed by atoms with Gasteiger partial charge in [-0.3, -0.25) is 14.6 Å². The number of aliphatic hydroxyl groups is 1. The summed E-state index contributed by atoms with van der Waals surface area (Å²) >= 11 is 0. The van der Waals surface area contributed by atoms with Gasteiger partial charge in [0.25, 0.3) is 0 Å². The summed E-state index contributed by atoms with van der Waals surface area (Å²) in [5.74, 6) is -0.208. The molecule has 0 unspecified atom stereocenters. The first-order valence-electron chi connectivity index (χ1n) is 9.80. The standard InChI is InChI=1S/C22H25N3O3/c1-13(26)22(28)24-19-5-3-4-16-17(11-23-12-18(16)19)14-6-8-20-15(10-14)7-9-21(27)25(20)2/h6,8,10-13,19,26H,3-5,7,9H2,1-2H3,(H,24,28)/t13-,19+/m1/s1. The molecule has 2 aromatic rings. The van der Waals surface area contributed by atoms with Crippen molar-refractivity contribution in [2.24, 2.45) is 0 Å². The largest absolute Gasteiger partial charge is 0.384 e. The molecule has 6 nitrogen and oxygen atoms in total. The van der Waals surface area contributed by atoms with Gasteiger partial charge in [0.15, 0.2) is 0 Å². The summed E-state index contributed by atoms with van der Waals surface area (Å²) in [6, 6.07) is 6.09. The number of hydrogen-bond donors (Lipinski definition) is 2. The van der Waals surface area contributed by atoms with Crippen molar-refractivity contribution in [3.63, 3.8) is 0 Å². The zero-order valence-corrected chi connectivity index (χ0v) is 16.2. The molecule has 1 aromatic carbocycles. The van der Waals surface area contributed by atoms with E-state index in [0.717, 1.165) is 48.1 Å². The molecule has 2 aliphatic rings. The highest BCUT2D eigenvalue weighted by atomic mass is 16.3. The molecule has 28 heavy (non-hydrogen) atoms. The zero-order chi connectivity index (χ0) is 19.8. The van der Waals surface area contributed by atoms with Gasteiger partial charge in [0.05, 0.1) is 6.04 Å². The number of pyridine rings is 1. The number of aliphatic hydroxyl groups excluding tert-OH is 1. The molecule has 0 bridgehead atoms. The molecule has 4 rings (SSSR count). The van der Waals surface area contributed by atoms with Crippen molar-refractivity contribution in [1.82, 2.24) is 10.3 Å². The Morgan fingerprint density at radius 2 is 2.11 bits per heavy atom. The summed E-state index contributed by atoms with van der Waals surface area (Å²) in [6.07, 6.45) is 6.72. The van der Waals surface area contributed by atoms with E-state index in [1.165, 1.54) is 18.1 Å². The number of carbonyl (C=O) groups is 2. The molecule has 0 radical (unpaired) electrons. The summed E-state index contributed by atoms with van der Waals surface area (Å²) in [7, 11) is 1.82. The van der Waals surface area contributed by atoms with E-state index in [2.05, 4.69) is 16.4 Å². The Hall–Kier alpha value is -2.73. The minimum absolute atomic E-state index is 0.125. The van der Waals surface area contributed by atoms with Crippen molar-refractivity contribution in [1.29, 1.82) is 0 Å². The van der Waals surface area contributed by atoms with Crippen LogP contribution in [0.3, 0.4) is 0 Å². The maximum atomic E-state index is 12.0. The van der Waals surface area contributed by atoms with Gasteiger partial charge in [-0.05, 0) is 67.0 Å². The molecule has 0 saturated carbocycles. The quantitative estimate of drug-likeness (QED) is 0.859. The number of nitrogens with one attached hydrogen (secondary N) is 1. The normalized spacial score (nSPS) is 19.6. The molecular formula is C22H25N3O3. The van der Waals surface area contributed by atoms with E-state index < -0.39 is 6.10 Å². The van der Waals surface area contributed by atoms with Crippen LogP contribution in [-0.4, -0.2) is 35.1 Å². The van der Waals surface area contributed by atoms with Gasteiger partial charge in [-0.1, -0.05) is 6.07 Å². The number of benzene rings is 1. The van der Waals surface area contributed by atoms with E-state index in [-0.39, 0.29) is 17.9 Å². The molecule has 2 N–H and O–H groups in total. The van der Waals surface area contributed by atoms with Crippen molar-refractivity contribution in [2.75, 3.05) is 11.9 Å². The summed E-state index contributed by atoms with van der Waals surface area (Å²) in [5.41, 5.74) is 6.55. The first kappa shape index (κ1) is 18.6. The lowest BCUT2D eigenvalue weighted by Crippen LogP contribution is -2.37. The predicted octanol–water partition coefficient (Wildman–Crippen LogP) is 2.53. The third-order valence-corrected chi connectivity index (χ3v) is 5.82. The van der Waals surface area contributed by atoms with Crippen LogP contribution in [0.25, 0.3) is 11.1 Å². The van der Waals surface area contributed by atoms with Gasteiger partial charge in [-0.25, -0.2) is 0 Å². The average molecular weight is 379 g/mol. The fourth-order valence-electron chi connectivity index (χ4n) is 4.24. The number of hydrogen-bond acceptors (Lipinski definition) is 4. The molecule has 1 aliphatic heterocycles. The van der Waals surface area contributed by atoms with Gasteiger partial charge in [-0.2, -0.15) is 0 Å². The fraction of sp³-hybridized carbons (Fsp3) is 0.409. The minimum Gasteiger partial charge on any atom is -0.384 e. The molecule has 1 aromatic heterocycles. The molecular weight excluding hydrogens is 354 g/mol. The van der Waals surface area contributed by atoms with E-state index in [0.29, 0.717) is 6.42 Å². The maximum Gasteiger partial charge on any atom is 0.249 e. The molecule has 1 aliphatic carbocycles. The number of carbonyl (C=O) groups excluding carboxylic acids is 2. The summed E-state index contributed by atoms with van der Waals surface area (Å²) in [6.45, 7) is 1.47. The number of anilines is 1. The smallest absolute Gasteiger partial charge is 0.249 e. The minimum atomic E-state index is -1.03. The Kier molecular flexibility index (Phi) is 4.89. The highest BCUT2D eigenvalue weighted by Gasteiger charge is 2.26. The highest BCUT2D eigenvalue weighted by molar-refractivity contribution is 5.96. The van der Waals surface area contributed by atoms with E-state index in [1.807, 2.05) is 31.6 Å². The van der Waals surface area contributed by atoms with Crippen molar-refractivity contribution >= 4 is 17.5 Å². The van der Waals surface area contributed by atoms with Crippen LogP contribution < -0.4 is 10.2 Å².